The molecule has 0 unspecified atom stereocenters. The van der Waals surface area contributed by atoms with Gasteiger partial charge in [-0.25, -0.2) is 0 Å². The molecule has 17 heavy (non-hydrogen) atoms. The number of halogens is 1. The average Bonchev–Trinajstić information content (AvgIpc) is 2.83. The van der Waals surface area contributed by atoms with E-state index in [4.69, 9.17) is 9.47 Å². The van der Waals surface area contributed by atoms with Gasteiger partial charge in [0.25, 0.3) is 0 Å². The molecule has 2 rings (SSSR count). The van der Waals surface area contributed by atoms with Crippen LogP contribution in [0, 0.1) is 0 Å². The lowest BCUT2D eigenvalue weighted by Gasteiger charge is -2.15. The fourth-order valence-corrected chi connectivity index (χ4v) is 2.76. The summed E-state index contributed by atoms with van der Waals surface area (Å²) in [4.78, 5) is 0. The molecule has 1 heterocycles. The number of nitrogens with one attached hydrogen (secondary N) is 1. The van der Waals surface area contributed by atoms with Crippen LogP contribution in [0.1, 0.15) is 18.4 Å². The van der Waals surface area contributed by atoms with Gasteiger partial charge < -0.3 is 14.8 Å². The van der Waals surface area contributed by atoms with Gasteiger partial charge in [0.2, 0.25) is 0 Å². The molecule has 1 saturated heterocycles. The van der Waals surface area contributed by atoms with Crippen LogP contribution in [0.3, 0.4) is 0 Å². The van der Waals surface area contributed by atoms with Gasteiger partial charge in [0.15, 0.2) is 0 Å². The van der Waals surface area contributed by atoms with Crippen molar-refractivity contribution >= 4 is 15.9 Å². The Labute approximate surface area is 111 Å². The van der Waals surface area contributed by atoms with Crippen molar-refractivity contribution in [1.29, 1.82) is 0 Å². The summed E-state index contributed by atoms with van der Waals surface area (Å²) in [5.41, 5.74) is 1.20. The molecule has 1 aliphatic heterocycles. The maximum atomic E-state index is 5.42. The molecule has 0 radical (unpaired) electrons. The van der Waals surface area contributed by atoms with E-state index < -0.39 is 0 Å². The molecule has 1 N–H and O–H groups in total. The van der Waals surface area contributed by atoms with Gasteiger partial charge in [-0.05, 0) is 59.4 Å². The zero-order chi connectivity index (χ0) is 12.3. The fourth-order valence-electron chi connectivity index (χ4n) is 2.28. The van der Waals surface area contributed by atoms with Crippen LogP contribution in [0.25, 0.3) is 0 Å². The maximum absolute atomic E-state index is 5.42. The Morgan fingerprint density at radius 2 is 2.06 bits per heavy atom. The Morgan fingerprint density at radius 1 is 1.29 bits per heavy atom. The van der Waals surface area contributed by atoms with Crippen LogP contribution in [-0.2, 0) is 6.42 Å². The first-order valence-electron chi connectivity index (χ1n) is 5.88. The van der Waals surface area contributed by atoms with Crippen molar-refractivity contribution < 1.29 is 9.47 Å². The predicted octanol–water partition coefficient (Wildman–Crippen LogP) is 2.76. The summed E-state index contributed by atoms with van der Waals surface area (Å²) >= 11 is 3.47. The monoisotopic (exact) mass is 299 g/mol. The zero-order valence-corrected chi connectivity index (χ0v) is 11.8. The van der Waals surface area contributed by atoms with Gasteiger partial charge in [0.1, 0.15) is 11.5 Å². The lowest BCUT2D eigenvalue weighted by atomic mass is 10.0. The minimum atomic E-state index is 0.565. The summed E-state index contributed by atoms with van der Waals surface area (Å²) in [7, 11) is 3.39. The lowest BCUT2D eigenvalue weighted by Crippen LogP contribution is -2.23. The maximum Gasteiger partial charge on any atom is 0.133 e. The van der Waals surface area contributed by atoms with E-state index in [9.17, 15) is 0 Å². The average molecular weight is 300 g/mol. The quantitative estimate of drug-likeness (QED) is 0.927. The van der Waals surface area contributed by atoms with E-state index in [2.05, 4.69) is 27.3 Å². The number of hydrogen-bond acceptors (Lipinski definition) is 3. The smallest absolute Gasteiger partial charge is 0.133 e. The minimum absolute atomic E-state index is 0.565. The van der Waals surface area contributed by atoms with E-state index in [0.29, 0.717) is 6.04 Å². The van der Waals surface area contributed by atoms with Gasteiger partial charge in [-0.1, -0.05) is 0 Å². The first kappa shape index (κ1) is 12.7. The number of hydrogen-bond donors (Lipinski definition) is 1. The molecule has 0 aliphatic carbocycles. The number of benzene rings is 1. The van der Waals surface area contributed by atoms with Gasteiger partial charge in [-0.2, -0.15) is 0 Å². The van der Waals surface area contributed by atoms with Gasteiger partial charge in [0.05, 0.1) is 18.7 Å². The summed E-state index contributed by atoms with van der Waals surface area (Å²) in [6.45, 7) is 1.13. The molecule has 1 fully saturated rings. The first-order valence-corrected chi connectivity index (χ1v) is 6.67. The number of rotatable bonds is 4. The van der Waals surface area contributed by atoms with Crippen LogP contribution in [0.4, 0.5) is 0 Å². The molecule has 1 aliphatic rings. The van der Waals surface area contributed by atoms with Crippen LogP contribution >= 0.6 is 15.9 Å². The molecular formula is C13H18BrNO2. The third kappa shape index (κ3) is 2.93. The third-order valence-corrected chi connectivity index (χ3v) is 3.80. The van der Waals surface area contributed by atoms with Gasteiger partial charge in [0, 0.05) is 6.04 Å². The van der Waals surface area contributed by atoms with Crippen LogP contribution in [-0.4, -0.2) is 26.8 Å². The van der Waals surface area contributed by atoms with Crippen molar-refractivity contribution in [2.24, 2.45) is 0 Å². The minimum Gasteiger partial charge on any atom is -0.496 e. The van der Waals surface area contributed by atoms with E-state index in [-0.39, 0.29) is 0 Å². The summed E-state index contributed by atoms with van der Waals surface area (Å²) in [5, 5.41) is 3.50. The van der Waals surface area contributed by atoms with E-state index in [0.717, 1.165) is 28.9 Å². The second-order valence-electron chi connectivity index (χ2n) is 4.30. The second kappa shape index (κ2) is 5.74. The van der Waals surface area contributed by atoms with E-state index in [1.165, 1.54) is 18.4 Å². The van der Waals surface area contributed by atoms with Crippen molar-refractivity contribution in [1.82, 2.24) is 5.32 Å². The number of methoxy groups -OCH3 is 2. The molecule has 1 aromatic rings. The molecule has 3 nitrogen and oxygen atoms in total. The van der Waals surface area contributed by atoms with Crippen molar-refractivity contribution in [2.45, 2.75) is 25.3 Å². The van der Waals surface area contributed by atoms with E-state index in [1.807, 2.05) is 6.07 Å². The molecular weight excluding hydrogens is 282 g/mol. The third-order valence-electron chi connectivity index (χ3n) is 3.18. The molecule has 1 aromatic carbocycles. The zero-order valence-electron chi connectivity index (χ0n) is 10.3. The van der Waals surface area contributed by atoms with Crippen molar-refractivity contribution in [3.05, 3.63) is 22.2 Å². The Kier molecular flexibility index (Phi) is 4.29. The second-order valence-corrected chi connectivity index (χ2v) is 5.15. The van der Waals surface area contributed by atoms with Crippen LogP contribution in [0.2, 0.25) is 0 Å². The van der Waals surface area contributed by atoms with Crippen LogP contribution in [0.15, 0.2) is 16.6 Å². The Hall–Kier alpha value is -0.740. The highest BCUT2D eigenvalue weighted by atomic mass is 79.9. The summed E-state index contributed by atoms with van der Waals surface area (Å²) < 4.78 is 11.7. The highest BCUT2D eigenvalue weighted by molar-refractivity contribution is 9.10. The van der Waals surface area contributed by atoms with Gasteiger partial charge in [-0.3, -0.25) is 0 Å². The van der Waals surface area contributed by atoms with Crippen LogP contribution in [0.5, 0.6) is 11.5 Å². The predicted molar refractivity (Wildman–Crippen MR) is 72.0 cm³/mol. The van der Waals surface area contributed by atoms with E-state index >= 15 is 0 Å². The molecule has 94 valence electrons. The van der Waals surface area contributed by atoms with Gasteiger partial charge in [-0.15, -0.1) is 0 Å². The summed E-state index contributed by atoms with van der Waals surface area (Å²) in [6, 6.07) is 4.60. The molecule has 0 aromatic heterocycles. The van der Waals surface area contributed by atoms with Crippen LogP contribution < -0.4 is 14.8 Å². The number of ether oxygens (including phenoxy) is 2. The normalized spacial score (nSPS) is 19.4. The largest absolute Gasteiger partial charge is 0.496 e. The molecule has 0 bridgehead atoms. The highest BCUT2D eigenvalue weighted by Gasteiger charge is 2.18. The standard InChI is InChI=1S/C13H18BrNO2/c1-16-12-8-11(14)13(17-2)7-9(12)6-10-4-3-5-15-10/h7-8,10,15H,3-6H2,1-2H3/t10-/m1/s1. The summed E-state index contributed by atoms with van der Waals surface area (Å²) in [5.74, 6) is 1.78. The SMILES string of the molecule is COc1cc(C[C@H]2CCCN2)c(OC)cc1Br. The van der Waals surface area contributed by atoms with Crippen molar-refractivity contribution in [2.75, 3.05) is 20.8 Å². The van der Waals surface area contributed by atoms with Crippen molar-refractivity contribution in [3.63, 3.8) is 0 Å². The Bertz CT molecular complexity index is 389. The molecule has 1 atom stereocenters. The highest BCUT2D eigenvalue weighted by Crippen LogP contribution is 2.33. The summed E-state index contributed by atoms with van der Waals surface area (Å²) in [6.07, 6.45) is 3.50. The van der Waals surface area contributed by atoms with E-state index in [1.54, 1.807) is 14.2 Å². The molecule has 0 amide bonds. The Balaban J connectivity index is 2.23. The molecule has 0 saturated carbocycles. The topological polar surface area (TPSA) is 30.5 Å². The first-order chi connectivity index (χ1) is 8.24. The fraction of sp³-hybridized carbons (Fsp3) is 0.538. The molecule has 0 spiro atoms. The van der Waals surface area contributed by atoms with Crippen molar-refractivity contribution in [3.8, 4) is 11.5 Å². The lowest BCUT2D eigenvalue weighted by molar-refractivity contribution is 0.394. The Morgan fingerprint density at radius 3 is 2.65 bits per heavy atom. The molecule has 4 heteroatoms. The van der Waals surface area contributed by atoms with Gasteiger partial charge >= 0.3 is 0 Å².